The van der Waals surface area contributed by atoms with Gasteiger partial charge in [-0.05, 0) is 36.8 Å². The number of ether oxygens (including phenoxy) is 3. The molecule has 1 saturated heterocycles. The summed E-state index contributed by atoms with van der Waals surface area (Å²) < 4.78 is 30.9. The molecule has 158 valence electrons. The molecule has 30 heavy (non-hydrogen) atoms. The van der Waals surface area contributed by atoms with Gasteiger partial charge in [0.15, 0.2) is 11.5 Å². The van der Waals surface area contributed by atoms with Crippen molar-refractivity contribution in [3.05, 3.63) is 64.3 Å². The Balaban J connectivity index is 1.78. The molecule has 0 N–H and O–H groups in total. The van der Waals surface area contributed by atoms with Gasteiger partial charge in [0.25, 0.3) is 5.91 Å². The summed E-state index contributed by atoms with van der Waals surface area (Å²) in [7, 11) is 1.58. The third-order valence-corrected chi connectivity index (χ3v) is 5.68. The largest absolute Gasteiger partial charge is 0.490 e. The second-order valence-corrected chi connectivity index (χ2v) is 8.02. The van der Waals surface area contributed by atoms with Gasteiger partial charge in [0.2, 0.25) is 0 Å². The van der Waals surface area contributed by atoms with Gasteiger partial charge in [0.1, 0.15) is 16.7 Å². The van der Waals surface area contributed by atoms with Gasteiger partial charge in [0, 0.05) is 12.7 Å². The molecule has 1 amide bonds. The van der Waals surface area contributed by atoms with E-state index in [1.165, 1.54) is 22.7 Å². The van der Waals surface area contributed by atoms with Crippen LogP contribution in [0.15, 0.2) is 47.4 Å². The van der Waals surface area contributed by atoms with E-state index in [-0.39, 0.29) is 18.3 Å². The zero-order valence-corrected chi connectivity index (χ0v) is 18.4. The number of nitrogens with zero attached hydrogens (tertiary/aromatic N) is 1. The minimum Gasteiger partial charge on any atom is -0.490 e. The summed E-state index contributed by atoms with van der Waals surface area (Å²) in [5, 5.41) is 0. The zero-order valence-electron chi connectivity index (χ0n) is 16.7. The maximum absolute atomic E-state index is 13.8. The first-order valence-electron chi connectivity index (χ1n) is 9.40. The molecule has 0 atom stereocenters. The number of carbonyl (C=O) groups excluding carboxylic acids is 1. The molecule has 0 saturated carbocycles. The molecule has 1 heterocycles. The molecule has 1 fully saturated rings. The van der Waals surface area contributed by atoms with E-state index < -0.39 is 0 Å². The fourth-order valence-corrected chi connectivity index (χ4v) is 4.11. The number of methoxy groups -OCH3 is 1. The van der Waals surface area contributed by atoms with Gasteiger partial charge in [-0.3, -0.25) is 9.69 Å². The van der Waals surface area contributed by atoms with Crippen molar-refractivity contribution < 1.29 is 23.4 Å². The Bertz CT molecular complexity index is 964. The zero-order chi connectivity index (χ0) is 21.5. The minimum atomic E-state index is -0.317. The number of hydrogen-bond donors (Lipinski definition) is 0. The van der Waals surface area contributed by atoms with E-state index in [0.29, 0.717) is 46.0 Å². The van der Waals surface area contributed by atoms with Gasteiger partial charge in [-0.2, -0.15) is 0 Å². The lowest BCUT2D eigenvalue weighted by molar-refractivity contribution is -0.122. The highest BCUT2D eigenvalue weighted by atomic mass is 32.2. The number of halogens is 1. The normalized spacial score (nSPS) is 15.2. The lowest BCUT2D eigenvalue weighted by Gasteiger charge is -2.13. The highest BCUT2D eigenvalue weighted by Crippen LogP contribution is 2.35. The van der Waals surface area contributed by atoms with Crippen LogP contribution in [-0.4, -0.2) is 42.0 Å². The molecule has 0 unspecified atom stereocenters. The third-order valence-electron chi connectivity index (χ3n) is 4.30. The van der Waals surface area contributed by atoms with Crippen LogP contribution in [0.4, 0.5) is 4.39 Å². The first kappa shape index (κ1) is 22.3. The van der Waals surface area contributed by atoms with Crippen molar-refractivity contribution in [1.29, 1.82) is 0 Å². The van der Waals surface area contributed by atoms with E-state index in [0.717, 1.165) is 5.56 Å². The lowest BCUT2D eigenvalue weighted by atomic mass is 10.1. The molecular weight excluding hydrogens is 425 g/mol. The van der Waals surface area contributed by atoms with Crippen LogP contribution in [0, 0.1) is 5.82 Å². The van der Waals surface area contributed by atoms with Gasteiger partial charge >= 0.3 is 0 Å². The van der Waals surface area contributed by atoms with E-state index in [4.69, 9.17) is 26.4 Å². The van der Waals surface area contributed by atoms with Crippen molar-refractivity contribution in [3.8, 4) is 11.5 Å². The standard InChI is InChI=1S/C22H22FNO4S2/c1-3-27-19-12-15(13-20-21(25)24(10-11-26-2)22(29)30-20)8-9-18(19)28-14-16-6-4-5-7-17(16)23/h4-9,12-13H,3,10-11,14H2,1-2H3/b20-13+. The summed E-state index contributed by atoms with van der Waals surface area (Å²) in [6, 6.07) is 11.8. The summed E-state index contributed by atoms with van der Waals surface area (Å²) in [5.74, 6) is 0.574. The molecule has 0 bridgehead atoms. The van der Waals surface area contributed by atoms with Crippen LogP contribution < -0.4 is 9.47 Å². The van der Waals surface area contributed by atoms with Crippen LogP contribution in [-0.2, 0) is 16.1 Å². The minimum absolute atomic E-state index is 0.0876. The number of thiocarbonyl (C=S) groups is 1. The van der Waals surface area contributed by atoms with Gasteiger partial charge in [-0.15, -0.1) is 0 Å². The van der Waals surface area contributed by atoms with Gasteiger partial charge in [-0.1, -0.05) is 48.2 Å². The molecule has 0 spiro atoms. The van der Waals surface area contributed by atoms with Crippen LogP contribution >= 0.6 is 24.0 Å². The van der Waals surface area contributed by atoms with Gasteiger partial charge in [-0.25, -0.2) is 4.39 Å². The third kappa shape index (κ3) is 5.38. The first-order chi connectivity index (χ1) is 14.5. The average molecular weight is 448 g/mol. The maximum atomic E-state index is 13.8. The van der Waals surface area contributed by atoms with Gasteiger partial charge in [0.05, 0.1) is 24.7 Å². The SMILES string of the molecule is CCOc1cc(/C=C2/SC(=S)N(CCOC)C2=O)ccc1OCc1ccccc1F. The van der Waals surface area contributed by atoms with E-state index in [9.17, 15) is 9.18 Å². The number of thioether (sulfide) groups is 1. The van der Waals surface area contributed by atoms with Crippen LogP contribution in [0.2, 0.25) is 0 Å². The Hall–Kier alpha value is -2.42. The van der Waals surface area contributed by atoms with Crippen molar-refractivity contribution in [2.45, 2.75) is 13.5 Å². The molecule has 1 aliphatic heterocycles. The first-order valence-corrected chi connectivity index (χ1v) is 10.6. The summed E-state index contributed by atoms with van der Waals surface area (Å²) in [4.78, 5) is 14.7. The number of hydrogen-bond acceptors (Lipinski definition) is 6. The number of benzene rings is 2. The van der Waals surface area contributed by atoms with Crippen LogP contribution in [0.3, 0.4) is 0 Å². The van der Waals surface area contributed by atoms with E-state index in [1.54, 1.807) is 43.5 Å². The Morgan fingerprint density at radius 3 is 2.70 bits per heavy atom. The smallest absolute Gasteiger partial charge is 0.266 e. The highest BCUT2D eigenvalue weighted by Gasteiger charge is 2.31. The van der Waals surface area contributed by atoms with Crippen molar-refractivity contribution in [2.75, 3.05) is 26.9 Å². The van der Waals surface area contributed by atoms with Crippen molar-refractivity contribution in [2.24, 2.45) is 0 Å². The molecule has 3 rings (SSSR count). The Morgan fingerprint density at radius 1 is 1.17 bits per heavy atom. The quantitative estimate of drug-likeness (QED) is 0.412. The Morgan fingerprint density at radius 2 is 1.97 bits per heavy atom. The molecule has 0 radical (unpaired) electrons. The van der Waals surface area contributed by atoms with Crippen LogP contribution in [0.25, 0.3) is 6.08 Å². The summed E-state index contributed by atoms with van der Waals surface area (Å²) in [6.45, 7) is 3.24. The average Bonchev–Trinajstić information content (AvgIpc) is 2.99. The molecule has 8 heteroatoms. The summed E-state index contributed by atoms with van der Waals surface area (Å²) in [5.41, 5.74) is 1.24. The number of amides is 1. The van der Waals surface area contributed by atoms with Crippen molar-refractivity contribution in [1.82, 2.24) is 4.90 Å². The number of carbonyl (C=O) groups is 1. The molecule has 5 nitrogen and oxygen atoms in total. The molecule has 0 aromatic heterocycles. The lowest BCUT2D eigenvalue weighted by Crippen LogP contribution is -2.31. The molecule has 1 aliphatic rings. The van der Waals surface area contributed by atoms with Crippen LogP contribution in [0.5, 0.6) is 11.5 Å². The van der Waals surface area contributed by atoms with E-state index >= 15 is 0 Å². The summed E-state index contributed by atoms with van der Waals surface area (Å²) >= 11 is 6.56. The second kappa shape index (κ2) is 10.6. The fourth-order valence-electron chi connectivity index (χ4n) is 2.80. The van der Waals surface area contributed by atoms with E-state index in [1.807, 2.05) is 13.0 Å². The molecule has 2 aromatic carbocycles. The van der Waals surface area contributed by atoms with E-state index in [2.05, 4.69) is 0 Å². The molecule has 2 aromatic rings. The number of rotatable bonds is 9. The molecule has 0 aliphatic carbocycles. The highest BCUT2D eigenvalue weighted by molar-refractivity contribution is 8.26. The Labute approximate surface area is 184 Å². The van der Waals surface area contributed by atoms with Crippen molar-refractivity contribution in [3.63, 3.8) is 0 Å². The fraction of sp³-hybridized carbons (Fsp3) is 0.273. The Kier molecular flexibility index (Phi) is 7.84. The monoisotopic (exact) mass is 447 g/mol. The molecular formula is C22H22FNO4S2. The van der Waals surface area contributed by atoms with Crippen molar-refractivity contribution >= 4 is 40.3 Å². The van der Waals surface area contributed by atoms with Crippen LogP contribution in [0.1, 0.15) is 18.1 Å². The predicted molar refractivity (Wildman–Crippen MR) is 120 cm³/mol. The maximum Gasteiger partial charge on any atom is 0.266 e. The predicted octanol–water partition coefficient (Wildman–Crippen LogP) is 4.65. The van der Waals surface area contributed by atoms with Gasteiger partial charge < -0.3 is 14.2 Å². The second-order valence-electron chi connectivity index (χ2n) is 6.35. The topological polar surface area (TPSA) is 48.0 Å². The summed E-state index contributed by atoms with van der Waals surface area (Å²) in [6.07, 6.45) is 1.77.